The van der Waals surface area contributed by atoms with Gasteiger partial charge in [-0.2, -0.15) is 0 Å². The highest BCUT2D eigenvalue weighted by molar-refractivity contribution is 8.23. The van der Waals surface area contributed by atoms with Crippen LogP contribution in [0.15, 0.2) is 18.2 Å². The fraction of sp³-hybridized carbons (Fsp3) is 0.438. The van der Waals surface area contributed by atoms with E-state index in [-0.39, 0.29) is 18.3 Å². The summed E-state index contributed by atoms with van der Waals surface area (Å²) in [5, 5.41) is 3.29. The van der Waals surface area contributed by atoms with Crippen molar-refractivity contribution >= 4 is 57.5 Å². The number of rotatable bonds is 5. The van der Waals surface area contributed by atoms with Crippen LogP contribution in [0.3, 0.4) is 0 Å². The van der Waals surface area contributed by atoms with Crippen molar-refractivity contribution in [2.75, 3.05) is 30.8 Å². The zero-order valence-corrected chi connectivity index (χ0v) is 15.7. The van der Waals surface area contributed by atoms with Crippen molar-refractivity contribution in [1.82, 2.24) is 4.90 Å². The molecule has 1 aliphatic rings. The minimum atomic E-state index is -0.454. The van der Waals surface area contributed by atoms with E-state index in [0.29, 0.717) is 15.0 Å². The molecule has 0 aromatic heterocycles. The Kier molecular flexibility index (Phi) is 7.33. The molecule has 2 rings (SSSR count). The number of nitrogens with one attached hydrogen (secondary N) is 1. The van der Waals surface area contributed by atoms with Crippen molar-refractivity contribution in [1.29, 1.82) is 0 Å². The molecule has 1 N–H and O–H groups in total. The predicted octanol–water partition coefficient (Wildman–Crippen LogP) is 3.24. The summed E-state index contributed by atoms with van der Waals surface area (Å²) in [4.78, 5) is 25.6. The molecule has 0 spiro atoms. The standard InChI is InChI=1S/C16H19ClN2O3S2/c1-11-8-12(17)4-5-13(11)18-14(20)9-22-15(21)10-24-16(23)19-6-2-3-7-19/h4-5,8H,2-3,6-7,9-10H2,1H3,(H,18,20). The van der Waals surface area contributed by atoms with E-state index in [9.17, 15) is 9.59 Å². The number of halogens is 1. The van der Waals surface area contributed by atoms with Crippen molar-refractivity contribution in [2.24, 2.45) is 0 Å². The zero-order chi connectivity index (χ0) is 17.5. The Bertz CT molecular complexity index is 634. The number of likely N-dealkylation sites (tertiary alicyclic amines) is 1. The Morgan fingerprint density at radius 1 is 1.38 bits per heavy atom. The van der Waals surface area contributed by atoms with E-state index < -0.39 is 5.97 Å². The molecule has 0 unspecified atom stereocenters. The number of hydrogen-bond donors (Lipinski definition) is 1. The van der Waals surface area contributed by atoms with E-state index in [4.69, 9.17) is 28.6 Å². The van der Waals surface area contributed by atoms with E-state index in [0.717, 1.165) is 31.5 Å². The summed E-state index contributed by atoms with van der Waals surface area (Å²) >= 11 is 12.4. The molecule has 8 heteroatoms. The Hall–Kier alpha value is -1.31. The first-order valence-electron chi connectivity index (χ1n) is 7.59. The maximum Gasteiger partial charge on any atom is 0.316 e. The van der Waals surface area contributed by atoms with Crippen LogP contribution in [0.25, 0.3) is 0 Å². The average Bonchev–Trinajstić information content (AvgIpc) is 3.08. The molecule has 1 aliphatic heterocycles. The number of ether oxygens (including phenoxy) is 1. The van der Waals surface area contributed by atoms with E-state index in [1.54, 1.807) is 18.2 Å². The molecule has 1 amide bonds. The molecule has 0 atom stereocenters. The normalized spacial score (nSPS) is 13.7. The topological polar surface area (TPSA) is 58.6 Å². The molecule has 1 aromatic rings. The van der Waals surface area contributed by atoms with Crippen molar-refractivity contribution in [3.05, 3.63) is 28.8 Å². The third kappa shape index (κ3) is 5.96. The molecular weight excluding hydrogens is 368 g/mol. The molecule has 0 saturated carbocycles. The van der Waals surface area contributed by atoms with Gasteiger partial charge < -0.3 is 15.0 Å². The van der Waals surface area contributed by atoms with Gasteiger partial charge in [-0.3, -0.25) is 9.59 Å². The minimum Gasteiger partial charge on any atom is -0.455 e. The van der Waals surface area contributed by atoms with Crippen LogP contribution in [-0.2, 0) is 14.3 Å². The van der Waals surface area contributed by atoms with Gasteiger partial charge in [-0.15, -0.1) is 0 Å². The number of aryl methyl sites for hydroxylation is 1. The first kappa shape index (κ1) is 19.0. The Morgan fingerprint density at radius 3 is 2.75 bits per heavy atom. The monoisotopic (exact) mass is 386 g/mol. The summed E-state index contributed by atoms with van der Waals surface area (Å²) in [5.41, 5.74) is 1.48. The van der Waals surface area contributed by atoms with Gasteiger partial charge in [0, 0.05) is 23.8 Å². The molecular formula is C16H19ClN2O3S2. The highest BCUT2D eigenvalue weighted by Gasteiger charge is 2.17. The number of anilines is 1. The van der Waals surface area contributed by atoms with Crippen LogP contribution >= 0.6 is 35.6 Å². The Morgan fingerprint density at radius 2 is 2.08 bits per heavy atom. The first-order chi connectivity index (χ1) is 11.5. The summed E-state index contributed by atoms with van der Waals surface area (Å²) in [6.45, 7) is 3.41. The lowest BCUT2D eigenvalue weighted by molar-refractivity contribution is -0.144. The van der Waals surface area contributed by atoms with Gasteiger partial charge in [0.25, 0.3) is 5.91 Å². The van der Waals surface area contributed by atoms with Crippen LogP contribution in [0, 0.1) is 6.92 Å². The third-order valence-corrected chi connectivity index (χ3v) is 5.24. The predicted molar refractivity (Wildman–Crippen MR) is 102 cm³/mol. The maximum absolute atomic E-state index is 11.8. The lowest BCUT2D eigenvalue weighted by atomic mass is 10.2. The molecule has 1 saturated heterocycles. The second kappa shape index (κ2) is 9.25. The lowest BCUT2D eigenvalue weighted by Crippen LogP contribution is -2.25. The van der Waals surface area contributed by atoms with Crippen molar-refractivity contribution < 1.29 is 14.3 Å². The van der Waals surface area contributed by atoms with E-state index in [1.165, 1.54) is 11.8 Å². The summed E-state index contributed by atoms with van der Waals surface area (Å²) in [7, 11) is 0. The molecule has 0 radical (unpaired) electrons. The van der Waals surface area contributed by atoms with Crippen LogP contribution < -0.4 is 5.32 Å². The number of thioether (sulfide) groups is 1. The minimum absolute atomic E-state index is 0.114. The quantitative estimate of drug-likeness (QED) is 0.619. The molecule has 1 fully saturated rings. The highest BCUT2D eigenvalue weighted by Crippen LogP contribution is 2.19. The number of carbonyl (C=O) groups excluding carboxylic acids is 2. The van der Waals surface area contributed by atoms with Crippen molar-refractivity contribution in [3.63, 3.8) is 0 Å². The second-order valence-corrected chi connectivity index (χ2v) is 7.46. The number of hydrogen-bond acceptors (Lipinski definition) is 5. The maximum atomic E-state index is 11.8. The molecule has 5 nitrogen and oxygen atoms in total. The van der Waals surface area contributed by atoms with Crippen LogP contribution in [0.2, 0.25) is 5.02 Å². The van der Waals surface area contributed by atoms with Crippen LogP contribution in [0.5, 0.6) is 0 Å². The SMILES string of the molecule is Cc1cc(Cl)ccc1NC(=O)COC(=O)CSC(=S)N1CCCC1. The second-order valence-electron chi connectivity index (χ2n) is 5.42. The van der Waals surface area contributed by atoms with E-state index in [2.05, 4.69) is 10.2 Å². The number of amides is 1. The van der Waals surface area contributed by atoms with Gasteiger partial charge >= 0.3 is 5.97 Å². The fourth-order valence-electron chi connectivity index (χ4n) is 2.25. The van der Waals surface area contributed by atoms with Gasteiger partial charge in [0.2, 0.25) is 0 Å². The number of benzene rings is 1. The number of esters is 1. The van der Waals surface area contributed by atoms with E-state index >= 15 is 0 Å². The number of carbonyl (C=O) groups is 2. The summed E-state index contributed by atoms with van der Waals surface area (Å²) < 4.78 is 5.69. The smallest absolute Gasteiger partial charge is 0.316 e. The average molecular weight is 387 g/mol. The third-order valence-electron chi connectivity index (χ3n) is 3.50. The fourth-order valence-corrected chi connectivity index (χ4v) is 3.53. The molecule has 1 heterocycles. The lowest BCUT2D eigenvalue weighted by Gasteiger charge is -2.17. The van der Waals surface area contributed by atoms with E-state index in [1.807, 2.05) is 6.92 Å². The van der Waals surface area contributed by atoms with Crippen molar-refractivity contribution in [3.8, 4) is 0 Å². The molecule has 130 valence electrons. The van der Waals surface area contributed by atoms with Gasteiger partial charge in [-0.25, -0.2) is 0 Å². The highest BCUT2D eigenvalue weighted by atomic mass is 35.5. The van der Waals surface area contributed by atoms with Crippen LogP contribution in [0.1, 0.15) is 18.4 Å². The van der Waals surface area contributed by atoms with Gasteiger partial charge in [-0.1, -0.05) is 35.6 Å². The van der Waals surface area contributed by atoms with Gasteiger partial charge in [0.1, 0.15) is 4.32 Å². The summed E-state index contributed by atoms with van der Waals surface area (Å²) in [5.74, 6) is -0.729. The Balaban J connectivity index is 1.69. The van der Waals surface area contributed by atoms with Crippen LogP contribution in [-0.4, -0.2) is 46.5 Å². The summed E-state index contributed by atoms with van der Waals surface area (Å²) in [6, 6.07) is 5.15. The molecule has 0 aliphatic carbocycles. The molecule has 0 bridgehead atoms. The Labute approximate surface area is 156 Å². The molecule has 1 aromatic carbocycles. The summed E-state index contributed by atoms with van der Waals surface area (Å²) in [6.07, 6.45) is 2.27. The molecule has 24 heavy (non-hydrogen) atoms. The van der Waals surface area contributed by atoms with Gasteiger partial charge in [0.05, 0.1) is 5.75 Å². The van der Waals surface area contributed by atoms with Crippen LogP contribution in [0.4, 0.5) is 5.69 Å². The van der Waals surface area contributed by atoms with Crippen molar-refractivity contribution in [2.45, 2.75) is 19.8 Å². The zero-order valence-electron chi connectivity index (χ0n) is 13.3. The van der Waals surface area contributed by atoms with Gasteiger partial charge in [0.15, 0.2) is 6.61 Å². The first-order valence-corrected chi connectivity index (χ1v) is 9.36. The largest absolute Gasteiger partial charge is 0.455 e. The number of thiocarbonyl (C=S) groups is 1. The number of nitrogens with zero attached hydrogens (tertiary/aromatic N) is 1. The van der Waals surface area contributed by atoms with Gasteiger partial charge in [-0.05, 0) is 43.5 Å².